The van der Waals surface area contributed by atoms with Gasteiger partial charge in [0.05, 0.1) is 16.3 Å². The molecule has 0 N–H and O–H groups in total. The van der Waals surface area contributed by atoms with Crippen LogP contribution in [0.1, 0.15) is 55.4 Å². The lowest BCUT2D eigenvalue weighted by Crippen LogP contribution is -2.37. The van der Waals surface area contributed by atoms with Crippen molar-refractivity contribution in [1.82, 2.24) is 14.7 Å². The number of aryl methyl sites for hydroxylation is 1. The molecule has 4 nitrogen and oxygen atoms in total. The second kappa shape index (κ2) is 5.93. The minimum atomic E-state index is 0.201. The van der Waals surface area contributed by atoms with Crippen molar-refractivity contribution in [3.63, 3.8) is 0 Å². The Morgan fingerprint density at radius 1 is 1.18 bits per heavy atom. The van der Waals surface area contributed by atoms with Crippen LogP contribution in [-0.4, -0.2) is 33.2 Å². The summed E-state index contributed by atoms with van der Waals surface area (Å²) in [6.07, 6.45) is 3.45. The third-order valence-corrected chi connectivity index (χ3v) is 7.53. The third-order valence-electron chi connectivity index (χ3n) is 6.43. The average Bonchev–Trinajstić information content (AvgIpc) is 3.26. The monoisotopic (exact) mass is 393 g/mol. The van der Waals surface area contributed by atoms with Gasteiger partial charge >= 0.3 is 0 Å². The molecule has 1 amide bonds. The molecule has 5 rings (SSSR count). The highest BCUT2D eigenvalue weighted by atomic mass is 32.1. The number of nitrogens with zero attached hydrogens (tertiary/aromatic N) is 3. The van der Waals surface area contributed by atoms with Gasteiger partial charge in [-0.05, 0) is 55.2 Å². The van der Waals surface area contributed by atoms with Gasteiger partial charge < -0.3 is 4.90 Å². The number of likely N-dealkylation sites (tertiary alicyclic amines) is 1. The highest BCUT2D eigenvalue weighted by Gasteiger charge is 2.51. The molecule has 3 heterocycles. The van der Waals surface area contributed by atoms with Gasteiger partial charge in [0.2, 0.25) is 0 Å². The van der Waals surface area contributed by atoms with E-state index in [2.05, 4.69) is 43.9 Å². The van der Waals surface area contributed by atoms with Crippen molar-refractivity contribution in [1.29, 1.82) is 0 Å². The number of hydrogen-bond donors (Lipinski definition) is 0. The molecule has 28 heavy (non-hydrogen) atoms. The number of carbonyl (C=O) groups is 1. The number of carbonyl (C=O) groups excluding carboxylic acids is 1. The van der Waals surface area contributed by atoms with Gasteiger partial charge in [-0.2, -0.15) is 5.10 Å². The Kier molecular flexibility index (Phi) is 3.80. The summed E-state index contributed by atoms with van der Waals surface area (Å²) in [6, 6.07) is 12.6. The van der Waals surface area contributed by atoms with Crippen LogP contribution in [0.5, 0.6) is 0 Å². The fraction of sp³-hybridized carbons (Fsp3) is 0.478. The van der Waals surface area contributed by atoms with Crippen LogP contribution in [0.25, 0.3) is 15.9 Å². The predicted octanol–water partition coefficient (Wildman–Crippen LogP) is 5.44. The molecule has 2 fully saturated rings. The van der Waals surface area contributed by atoms with Crippen LogP contribution in [0, 0.1) is 17.8 Å². The van der Waals surface area contributed by atoms with Gasteiger partial charge in [0, 0.05) is 18.0 Å². The summed E-state index contributed by atoms with van der Waals surface area (Å²) in [4.78, 5) is 17.5. The maximum Gasteiger partial charge on any atom is 0.264 e. The lowest BCUT2D eigenvalue weighted by atomic mass is 9.65. The average molecular weight is 394 g/mol. The standard InChI is InChI=1S/C23H27N3OS/c1-15-18-10-19(28-21(18)26(24-15)16-8-6-5-7-9-16)20(27)25-14-23(4)12-17(25)11-22(2,3)13-23/h5-10,17H,11-14H2,1-4H3/t17-,23+/m1/s1. The minimum Gasteiger partial charge on any atom is -0.334 e. The Balaban J connectivity index is 1.51. The Morgan fingerprint density at radius 2 is 1.93 bits per heavy atom. The number of para-hydroxylation sites is 1. The van der Waals surface area contributed by atoms with E-state index in [1.807, 2.05) is 29.8 Å². The summed E-state index contributed by atoms with van der Waals surface area (Å²) in [7, 11) is 0. The minimum absolute atomic E-state index is 0.201. The van der Waals surface area contributed by atoms with Crippen molar-refractivity contribution in [3.8, 4) is 5.69 Å². The summed E-state index contributed by atoms with van der Waals surface area (Å²) in [6.45, 7) is 9.97. The molecule has 5 heteroatoms. The Hall–Kier alpha value is -2.14. The second-order valence-corrected chi connectivity index (χ2v) is 10.8. The summed E-state index contributed by atoms with van der Waals surface area (Å²) in [5.74, 6) is 0.201. The SMILES string of the molecule is Cc1nn(-c2ccccc2)c2sc(C(=O)N3C[C@@]4(C)C[C@H]3CC(C)(C)C4)cc12. The first-order valence-corrected chi connectivity index (χ1v) is 10.9. The molecule has 0 radical (unpaired) electrons. The highest BCUT2D eigenvalue weighted by Crippen LogP contribution is 2.53. The number of benzene rings is 1. The van der Waals surface area contributed by atoms with Crippen molar-refractivity contribution in [2.45, 2.75) is 53.0 Å². The quantitative estimate of drug-likeness (QED) is 0.582. The number of amides is 1. The molecule has 0 unspecified atom stereocenters. The van der Waals surface area contributed by atoms with Crippen LogP contribution >= 0.6 is 11.3 Å². The van der Waals surface area contributed by atoms with E-state index in [0.29, 0.717) is 11.5 Å². The smallest absolute Gasteiger partial charge is 0.264 e. The molecule has 1 saturated heterocycles. The first-order chi connectivity index (χ1) is 13.2. The van der Waals surface area contributed by atoms with E-state index >= 15 is 0 Å². The van der Waals surface area contributed by atoms with Gasteiger partial charge in [0.25, 0.3) is 5.91 Å². The first kappa shape index (κ1) is 17.9. The van der Waals surface area contributed by atoms with Crippen LogP contribution in [0.3, 0.4) is 0 Å². The van der Waals surface area contributed by atoms with E-state index in [1.54, 1.807) is 11.3 Å². The Morgan fingerprint density at radius 3 is 2.68 bits per heavy atom. The molecule has 1 saturated carbocycles. The lowest BCUT2D eigenvalue weighted by molar-refractivity contribution is 0.0713. The Bertz CT molecular complexity index is 1060. The zero-order valence-corrected chi connectivity index (χ0v) is 17.8. The normalized spacial score (nSPS) is 26.1. The molecule has 0 spiro atoms. The van der Waals surface area contributed by atoms with Gasteiger partial charge in [-0.15, -0.1) is 11.3 Å². The molecule has 2 aliphatic rings. The molecule has 1 aromatic carbocycles. The molecule has 2 aromatic heterocycles. The number of fused-ring (bicyclic) bond motifs is 3. The fourth-order valence-electron chi connectivity index (χ4n) is 5.74. The lowest BCUT2D eigenvalue weighted by Gasteiger charge is -2.39. The zero-order valence-electron chi connectivity index (χ0n) is 17.0. The number of aromatic nitrogens is 2. The largest absolute Gasteiger partial charge is 0.334 e. The molecule has 2 atom stereocenters. The zero-order chi connectivity index (χ0) is 19.7. The summed E-state index contributed by atoms with van der Waals surface area (Å²) >= 11 is 1.58. The van der Waals surface area contributed by atoms with Gasteiger partial charge in [-0.25, -0.2) is 4.68 Å². The van der Waals surface area contributed by atoms with Gasteiger partial charge in [-0.3, -0.25) is 4.79 Å². The number of hydrogen-bond acceptors (Lipinski definition) is 3. The molecular weight excluding hydrogens is 366 g/mol. The number of rotatable bonds is 2. The van der Waals surface area contributed by atoms with Crippen molar-refractivity contribution in [3.05, 3.63) is 47.0 Å². The third kappa shape index (κ3) is 2.79. The van der Waals surface area contributed by atoms with Crippen LogP contribution in [-0.2, 0) is 0 Å². The van der Waals surface area contributed by atoms with E-state index < -0.39 is 0 Å². The van der Waals surface area contributed by atoms with E-state index in [0.717, 1.165) is 45.9 Å². The van der Waals surface area contributed by atoms with Crippen molar-refractivity contribution < 1.29 is 4.79 Å². The topological polar surface area (TPSA) is 38.1 Å². The van der Waals surface area contributed by atoms with Crippen LogP contribution in [0.4, 0.5) is 0 Å². The van der Waals surface area contributed by atoms with Crippen LogP contribution < -0.4 is 0 Å². The summed E-state index contributed by atoms with van der Waals surface area (Å²) < 4.78 is 1.97. The maximum atomic E-state index is 13.5. The highest BCUT2D eigenvalue weighted by molar-refractivity contribution is 7.20. The summed E-state index contributed by atoms with van der Waals surface area (Å²) in [5.41, 5.74) is 2.59. The molecule has 1 aliphatic carbocycles. The molecule has 1 aliphatic heterocycles. The van der Waals surface area contributed by atoms with Gasteiger partial charge in [0.15, 0.2) is 0 Å². The van der Waals surface area contributed by atoms with E-state index in [1.165, 1.54) is 6.42 Å². The molecule has 3 aromatic rings. The van der Waals surface area contributed by atoms with E-state index in [9.17, 15) is 4.79 Å². The first-order valence-electron chi connectivity index (χ1n) is 10.1. The maximum absolute atomic E-state index is 13.5. The molecule has 2 bridgehead atoms. The van der Waals surface area contributed by atoms with Crippen molar-refractivity contribution in [2.24, 2.45) is 10.8 Å². The van der Waals surface area contributed by atoms with Crippen molar-refractivity contribution in [2.75, 3.05) is 6.54 Å². The van der Waals surface area contributed by atoms with E-state index in [-0.39, 0.29) is 11.3 Å². The van der Waals surface area contributed by atoms with E-state index in [4.69, 9.17) is 5.10 Å². The van der Waals surface area contributed by atoms with Gasteiger partial charge in [0.1, 0.15) is 4.83 Å². The Labute approximate surface area is 170 Å². The summed E-state index contributed by atoms with van der Waals surface area (Å²) in [5, 5.41) is 5.79. The molecular formula is C23H27N3OS. The predicted molar refractivity (Wildman–Crippen MR) is 114 cm³/mol. The molecule has 146 valence electrons. The van der Waals surface area contributed by atoms with Crippen LogP contribution in [0.15, 0.2) is 36.4 Å². The number of thiophene rings is 1. The van der Waals surface area contributed by atoms with Crippen LogP contribution in [0.2, 0.25) is 0 Å². The fourth-order valence-corrected chi connectivity index (χ4v) is 6.87. The van der Waals surface area contributed by atoms with Crippen molar-refractivity contribution >= 4 is 27.5 Å². The second-order valence-electron chi connectivity index (χ2n) is 9.81. The van der Waals surface area contributed by atoms with Gasteiger partial charge in [-0.1, -0.05) is 39.0 Å².